The topological polar surface area (TPSA) is 38.3 Å². The van der Waals surface area contributed by atoms with Gasteiger partial charge in [-0.2, -0.15) is 0 Å². The van der Waals surface area contributed by atoms with Gasteiger partial charge in [0.15, 0.2) is 5.78 Å². The first kappa shape index (κ1) is 16.1. The summed E-state index contributed by atoms with van der Waals surface area (Å²) < 4.78 is 5.16. The SMILES string of the molecule is COc1ccc(NC(CC(=O)c2ccccc2)C(C)C)cc1. The summed E-state index contributed by atoms with van der Waals surface area (Å²) in [6.07, 6.45) is 0.480. The maximum absolute atomic E-state index is 12.4. The first-order valence-electron chi connectivity index (χ1n) is 7.59. The van der Waals surface area contributed by atoms with E-state index in [0.29, 0.717) is 12.3 Å². The van der Waals surface area contributed by atoms with Crippen LogP contribution in [0.1, 0.15) is 30.6 Å². The van der Waals surface area contributed by atoms with Crippen LogP contribution < -0.4 is 10.1 Å². The molecule has 2 rings (SSSR count). The normalized spacial score (nSPS) is 12.0. The molecule has 0 aliphatic carbocycles. The molecule has 116 valence electrons. The highest BCUT2D eigenvalue weighted by Gasteiger charge is 2.18. The van der Waals surface area contributed by atoms with Gasteiger partial charge >= 0.3 is 0 Å². The van der Waals surface area contributed by atoms with Crippen molar-refractivity contribution in [1.29, 1.82) is 0 Å². The summed E-state index contributed by atoms with van der Waals surface area (Å²) in [7, 11) is 1.65. The van der Waals surface area contributed by atoms with Gasteiger partial charge in [-0.05, 0) is 30.2 Å². The third-order valence-electron chi connectivity index (χ3n) is 3.75. The number of anilines is 1. The zero-order chi connectivity index (χ0) is 15.9. The van der Waals surface area contributed by atoms with E-state index in [1.54, 1.807) is 7.11 Å². The second kappa shape index (κ2) is 7.64. The molecule has 22 heavy (non-hydrogen) atoms. The van der Waals surface area contributed by atoms with Crippen molar-refractivity contribution in [2.75, 3.05) is 12.4 Å². The molecule has 0 bridgehead atoms. The molecule has 0 saturated carbocycles. The molecular weight excluding hydrogens is 274 g/mol. The van der Waals surface area contributed by atoms with E-state index in [2.05, 4.69) is 19.2 Å². The van der Waals surface area contributed by atoms with E-state index in [-0.39, 0.29) is 11.8 Å². The highest BCUT2D eigenvalue weighted by molar-refractivity contribution is 5.96. The molecule has 3 heteroatoms. The number of hydrogen-bond donors (Lipinski definition) is 1. The van der Waals surface area contributed by atoms with Crippen molar-refractivity contribution in [1.82, 2.24) is 0 Å². The fraction of sp³-hybridized carbons (Fsp3) is 0.316. The Bertz CT molecular complexity index is 591. The first-order chi connectivity index (χ1) is 10.6. The van der Waals surface area contributed by atoms with Gasteiger partial charge in [0.05, 0.1) is 7.11 Å². The Morgan fingerprint density at radius 2 is 1.68 bits per heavy atom. The monoisotopic (exact) mass is 297 g/mol. The second-order valence-corrected chi connectivity index (χ2v) is 5.72. The van der Waals surface area contributed by atoms with Crippen LogP contribution in [0.5, 0.6) is 5.75 Å². The molecule has 1 atom stereocenters. The summed E-state index contributed by atoms with van der Waals surface area (Å²) in [5.41, 5.74) is 1.77. The molecule has 0 spiro atoms. The van der Waals surface area contributed by atoms with E-state index in [1.165, 1.54) is 0 Å². The average Bonchev–Trinajstić information content (AvgIpc) is 2.55. The van der Waals surface area contributed by atoms with Gasteiger partial charge in [-0.1, -0.05) is 44.2 Å². The van der Waals surface area contributed by atoms with Crippen molar-refractivity contribution < 1.29 is 9.53 Å². The maximum Gasteiger partial charge on any atom is 0.164 e. The van der Waals surface area contributed by atoms with E-state index in [0.717, 1.165) is 17.0 Å². The highest BCUT2D eigenvalue weighted by Crippen LogP contribution is 2.20. The maximum atomic E-state index is 12.4. The standard InChI is InChI=1S/C19H23NO2/c1-14(2)18(13-19(21)15-7-5-4-6-8-15)20-16-9-11-17(22-3)12-10-16/h4-12,14,18,20H,13H2,1-3H3. The second-order valence-electron chi connectivity index (χ2n) is 5.72. The Hall–Kier alpha value is -2.29. The number of carbonyl (C=O) groups is 1. The Balaban J connectivity index is 2.05. The molecular formula is C19H23NO2. The average molecular weight is 297 g/mol. The number of hydrogen-bond acceptors (Lipinski definition) is 3. The van der Waals surface area contributed by atoms with Crippen LogP contribution in [0, 0.1) is 5.92 Å². The van der Waals surface area contributed by atoms with Crippen LogP contribution in [0.15, 0.2) is 54.6 Å². The van der Waals surface area contributed by atoms with E-state index in [1.807, 2.05) is 54.6 Å². The molecule has 3 nitrogen and oxygen atoms in total. The largest absolute Gasteiger partial charge is 0.497 e. The number of carbonyl (C=O) groups excluding carboxylic acids is 1. The van der Waals surface area contributed by atoms with Crippen LogP contribution in [0.2, 0.25) is 0 Å². The molecule has 0 amide bonds. The molecule has 0 aliphatic heterocycles. The third kappa shape index (κ3) is 4.35. The van der Waals surface area contributed by atoms with Crippen molar-refractivity contribution in [2.24, 2.45) is 5.92 Å². The molecule has 0 fully saturated rings. The van der Waals surface area contributed by atoms with Crippen LogP contribution in [0.25, 0.3) is 0 Å². The van der Waals surface area contributed by atoms with Crippen LogP contribution in [0.4, 0.5) is 5.69 Å². The zero-order valence-corrected chi connectivity index (χ0v) is 13.4. The van der Waals surface area contributed by atoms with Crippen molar-refractivity contribution in [2.45, 2.75) is 26.3 Å². The van der Waals surface area contributed by atoms with Gasteiger partial charge in [-0.15, -0.1) is 0 Å². The van der Waals surface area contributed by atoms with E-state index >= 15 is 0 Å². The fourth-order valence-corrected chi connectivity index (χ4v) is 2.30. The Morgan fingerprint density at radius 3 is 2.23 bits per heavy atom. The summed E-state index contributed by atoms with van der Waals surface area (Å²) in [5.74, 6) is 1.35. The lowest BCUT2D eigenvalue weighted by Gasteiger charge is -2.23. The van der Waals surface area contributed by atoms with Gasteiger partial charge < -0.3 is 10.1 Å². The number of ether oxygens (including phenoxy) is 1. The van der Waals surface area contributed by atoms with E-state index in [4.69, 9.17) is 4.74 Å². The first-order valence-corrected chi connectivity index (χ1v) is 7.59. The molecule has 0 radical (unpaired) electrons. The Kier molecular flexibility index (Phi) is 5.59. The number of ketones is 1. The van der Waals surface area contributed by atoms with Crippen molar-refractivity contribution in [3.05, 3.63) is 60.2 Å². The van der Waals surface area contributed by atoms with Gasteiger partial charge in [-0.25, -0.2) is 0 Å². The smallest absolute Gasteiger partial charge is 0.164 e. The molecule has 0 aliphatic rings. The molecule has 1 unspecified atom stereocenters. The predicted molar refractivity (Wildman–Crippen MR) is 90.6 cm³/mol. The van der Waals surface area contributed by atoms with Crippen molar-refractivity contribution in [3.8, 4) is 5.75 Å². The number of rotatable bonds is 7. The number of nitrogens with one attached hydrogen (secondary N) is 1. The number of Topliss-reactive ketones (excluding diaryl/α,β-unsaturated/α-hetero) is 1. The Labute approximate surface area is 132 Å². The summed E-state index contributed by atoms with van der Waals surface area (Å²) in [6.45, 7) is 4.25. The molecule has 2 aromatic rings. The van der Waals surface area contributed by atoms with Crippen molar-refractivity contribution >= 4 is 11.5 Å². The highest BCUT2D eigenvalue weighted by atomic mass is 16.5. The summed E-state index contributed by atoms with van der Waals surface area (Å²) >= 11 is 0. The van der Waals surface area contributed by atoms with Crippen LogP contribution in [0.3, 0.4) is 0 Å². The van der Waals surface area contributed by atoms with Gasteiger partial charge in [0.2, 0.25) is 0 Å². The number of benzene rings is 2. The zero-order valence-electron chi connectivity index (χ0n) is 13.4. The van der Waals surface area contributed by atoms with Gasteiger partial charge in [-0.3, -0.25) is 4.79 Å². The molecule has 0 aromatic heterocycles. The van der Waals surface area contributed by atoms with Crippen LogP contribution in [-0.2, 0) is 0 Å². The van der Waals surface area contributed by atoms with Crippen molar-refractivity contribution in [3.63, 3.8) is 0 Å². The lowest BCUT2D eigenvalue weighted by molar-refractivity contribution is 0.0970. The molecule has 0 saturated heterocycles. The van der Waals surface area contributed by atoms with E-state index < -0.39 is 0 Å². The van der Waals surface area contributed by atoms with Gasteiger partial charge in [0.1, 0.15) is 5.75 Å². The summed E-state index contributed by atoms with van der Waals surface area (Å²) in [4.78, 5) is 12.4. The fourth-order valence-electron chi connectivity index (χ4n) is 2.30. The number of methoxy groups -OCH3 is 1. The lowest BCUT2D eigenvalue weighted by Crippen LogP contribution is -2.28. The predicted octanol–water partition coefficient (Wildman–Crippen LogP) is 4.40. The molecule has 1 N–H and O–H groups in total. The minimum atomic E-state index is 0.0982. The molecule has 0 heterocycles. The van der Waals surface area contributed by atoms with Crippen LogP contribution >= 0.6 is 0 Å². The molecule has 2 aromatic carbocycles. The minimum Gasteiger partial charge on any atom is -0.497 e. The summed E-state index contributed by atoms with van der Waals surface area (Å²) in [5, 5.41) is 3.45. The third-order valence-corrected chi connectivity index (χ3v) is 3.75. The Morgan fingerprint density at radius 1 is 1.05 bits per heavy atom. The van der Waals surface area contributed by atoms with Gasteiger partial charge in [0, 0.05) is 23.7 Å². The lowest BCUT2D eigenvalue weighted by atomic mass is 9.95. The minimum absolute atomic E-state index is 0.0982. The van der Waals surface area contributed by atoms with E-state index in [9.17, 15) is 4.79 Å². The van der Waals surface area contributed by atoms with Crippen LogP contribution in [-0.4, -0.2) is 18.9 Å². The quantitative estimate of drug-likeness (QED) is 0.770. The summed E-state index contributed by atoms with van der Waals surface area (Å²) in [6, 6.07) is 17.3. The van der Waals surface area contributed by atoms with Gasteiger partial charge in [0.25, 0.3) is 0 Å².